The number of nitrogens with zero attached hydrogens (tertiary/aromatic N) is 3. The third-order valence-corrected chi connectivity index (χ3v) is 4.43. The first kappa shape index (κ1) is 18.8. The summed E-state index contributed by atoms with van der Waals surface area (Å²) in [4.78, 5) is 12.1. The summed E-state index contributed by atoms with van der Waals surface area (Å²) in [6.07, 6.45) is 1.74. The van der Waals surface area contributed by atoms with E-state index in [-0.39, 0.29) is 11.7 Å². The van der Waals surface area contributed by atoms with Gasteiger partial charge in [-0.05, 0) is 18.2 Å². The molecule has 1 heterocycles. The predicted octanol–water partition coefficient (Wildman–Crippen LogP) is 3.65. The van der Waals surface area contributed by atoms with Gasteiger partial charge in [-0.25, -0.2) is 0 Å². The first-order valence-electron chi connectivity index (χ1n) is 6.94. The number of thioether (sulfide) groups is 1. The SMILES string of the molecule is C=CCn1c(COC)nnc1SCC(=O)Nc1ccc(Cl)cc1Cl. The Labute approximate surface area is 154 Å². The molecule has 0 radical (unpaired) electrons. The van der Waals surface area contributed by atoms with Crippen LogP contribution in [0.4, 0.5) is 5.69 Å². The maximum Gasteiger partial charge on any atom is 0.234 e. The average Bonchev–Trinajstić information content (AvgIpc) is 2.91. The second-order valence-corrected chi connectivity index (χ2v) is 6.48. The number of allylic oxidation sites excluding steroid dienone is 1. The highest BCUT2D eigenvalue weighted by Gasteiger charge is 2.14. The molecular formula is C15H16Cl2N4O2S. The van der Waals surface area contributed by atoms with Gasteiger partial charge in [0.15, 0.2) is 11.0 Å². The van der Waals surface area contributed by atoms with Crippen LogP contribution >= 0.6 is 35.0 Å². The van der Waals surface area contributed by atoms with E-state index in [1.54, 1.807) is 31.4 Å². The highest BCUT2D eigenvalue weighted by atomic mass is 35.5. The topological polar surface area (TPSA) is 69.0 Å². The molecule has 0 bridgehead atoms. The highest BCUT2D eigenvalue weighted by molar-refractivity contribution is 7.99. The molecule has 1 amide bonds. The number of hydrogen-bond acceptors (Lipinski definition) is 5. The van der Waals surface area contributed by atoms with Crippen molar-refractivity contribution in [3.05, 3.63) is 46.7 Å². The number of nitrogens with one attached hydrogen (secondary N) is 1. The number of carbonyl (C=O) groups excluding carboxylic acids is 1. The Balaban J connectivity index is 1.99. The highest BCUT2D eigenvalue weighted by Crippen LogP contribution is 2.26. The summed E-state index contributed by atoms with van der Waals surface area (Å²) >= 11 is 13.1. The molecule has 9 heteroatoms. The molecule has 1 aromatic carbocycles. The van der Waals surface area contributed by atoms with Crippen LogP contribution in [0.5, 0.6) is 0 Å². The van der Waals surface area contributed by atoms with Crippen molar-refractivity contribution in [1.29, 1.82) is 0 Å². The van der Waals surface area contributed by atoms with Gasteiger partial charge in [0.25, 0.3) is 0 Å². The fourth-order valence-corrected chi connectivity index (χ4v) is 3.10. The molecule has 0 saturated carbocycles. The molecule has 0 saturated heterocycles. The zero-order chi connectivity index (χ0) is 17.5. The fourth-order valence-electron chi connectivity index (χ4n) is 1.88. The monoisotopic (exact) mass is 386 g/mol. The summed E-state index contributed by atoms with van der Waals surface area (Å²) < 4.78 is 6.93. The number of ether oxygens (including phenoxy) is 1. The standard InChI is InChI=1S/C15H16Cl2N4O2S/c1-3-6-21-13(8-23-2)19-20-15(21)24-9-14(22)18-12-5-4-10(16)7-11(12)17/h3-5,7H,1,6,8-9H2,2H3,(H,18,22). The number of aromatic nitrogens is 3. The van der Waals surface area contributed by atoms with Gasteiger partial charge in [-0.2, -0.15) is 0 Å². The van der Waals surface area contributed by atoms with E-state index in [1.165, 1.54) is 11.8 Å². The van der Waals surface area contributed by atoms with E-state index in [0.29, 0.717) is 39.9 Å². The molecular weight excluding hydrogens is 371 g/mol. The minimum absolute atomic E-state index is 0.168. The van der Waals surface area contributed by atoms with Crippen molar-refractivity contribution in [3.63, 3.8) is 0 Å². The molecule has 2 aromatic rings. The van der Waals surface area contributed by atoms with Gasteiger partial charge in [0.2, 0.25) is 5.91 Å². The van der Waals surface area contributed by atoms with Crippen LogP contribution in [0.15, 0.2) is 36.0 Å². The van der Waals surface area contributed by atoms with Crippen LogP contribution in [0.3, 0.4) is 0 Å². The van der Waals surface area contributed by atoms with E-state index in [9.17, 15) is 4.79 Å². The first-order valence-corrected chi connectivity index (χ1v) is 8.69. The van der Waals surface area contributed by atoms with Crippen molar-refractivity contribution in [2.45, 2.75) is 18.3 Å². The Bertz CT molecular complexity index is 736. The molecule has 128 valence electrons. The molecule has 0 fully saturated rings. The van der Waals surface area contributed by atoms with Crippen LogP contribution in [0.2, 0.25) is 10.0 Å². The Morgan fingerprint density at radius 3 is 2.92 bits per heavy atom. The van der Waals surface area contributed by atoms with Gasteiger partial charge >= 0.3 is 0 Å². The summed E-state index contributed by atoms with van der Waals surface area (Å²) in [5.74, 6) is 0.646. The van der Waals surface area contributed by atoms with Crippen molar-refractivity contribution in [2.24, 2.45) is 0 Å². The molecule has 1 N–H and O–H groups in total. The lowest BCUT2D eigenvalue weighted by molar-refractivity contribution is -0.113. The second kappa shape index (κ2) is 9.08. The van der Waals surface area contributed by atoms with Crippen molar-refractivity contribution in [3.8, 4) is 0 Å². The smallest absolute Gasteiger partial charge is 0.234 e. The van der Waals surface area contributed by atoms with Crippen LogP contribution in [0.1, 0.15) is 5.82 Å². The zero-order valence-electron chi connectivity index (χ0n) is 13.0. The molecule has 0 atom stereocenters. The van der Waals surface area contributed by atoms with Crippen molar-refractivity contribution < 1.29 is 9.53 Å². The van der Waals surface area contributed by atoms with Crippen molar-refractivity contribution in [1.82, 2.24) is 14.8 Å². The summed E-state index contributed by atoms with van der Waals surface area (Å²) in [6, 6.07) is 4.89. The van der Waals surface area contributed by atoms with Gasteiger partial charge in [0.1, 0.15) is 6.61 Å². The number of rotatable bonds is 8. The summed E-state index contributed by atoms with van der Waals surface area (Å²) in [5.41, 5.74) is 0.513. The van der Waals surface area contributed by atoms with Gasteiger partial charge in [-0.1, -0.05) is 41.0 Å². The molecule has 0 aliphatic carbocycles. The molecule has 24 heavy (non-hydrogen) atoms. The Morgan fingerprint density at radius 2 is 2.25 bits per heavy atom. The molecule has 0 aliphatic heterocycles. The van der Waals surface area contributed by atoms with E-state index < -0.39 is 0 Å². The molecule has 0 unspecified atom stereocenters. The fraction of sp³-hybridized carbons (Fsp3) is 0.267. The zero-order valence-corrected chi connectivity index (χ0v) is 15.3. The molecule has 0 spiro atoms. The van der Waals surface area contributed by atoms with E-state index in [4.69, 9.17) is 27.9 Å². The minimum atomic E-state index is -0.203. The Kier molecular flexibility index (Phi) is 7.11. The van der Waals surface area contributed by atoms with Crippen LogP contribution in [-0.4, -0.2) is 33.5 Å². The molecule has 0 aliphatic rings. The van der Waals surface area contributed by atoms with Crippen LogP contribution < -0.4 is 5.32 Å². The van der Waals surface area contributed by atoms with Crippen LogP contribution in [0.25, 0.3) is 0 Å². The third kappa shape index (κ3) is 4.98. The number of hydrogen-bond donors (Lipinski definition) is 1. The largest absolute Gasteiger partial charge is 0.377 e. The van der Waals surface area contributed by atoms with E-state index in [1.807, 2.05) is 4.57 Å². The molecule has 1 aromatic heterocycles. The average molecular weight is 387 g/mol. The van der Waals surface area contributed by atoms with Gasteiger partial charge < -0.3 is 14.6 Å². The first-order chi connectivity index (χ1) is 11.5. The van der Waals surface area contributed by atoms with E-state index >= 15 is 0 Å². The number of benzene rings is 1. The normalized spacial score (nSPS) is 10.6. The maximum atomic E-state index is 12.1. The summed E-state index contributed by atoms with van der Waals surface area (Å²) in [7, 11) is 1.59. The summed E-state index contributed by atoms with van der Waals surface area (Å²) in [6.45, 7) is 4.60. The van der Waals surface area contributed by atoms with Crippen molar-refractivity contribution in [2.75, 3.05) is 18.2 Å². The minimum Gasteiger partial charge on any atom is -0.377 e. The van der Waals surface area contributed by atoms with Crippen LogP contribution in [-0.2, 0) is 22.7 Å². The van der Waals surface area contributed by atoms with Gasteiger partial charge in [-0.3, -0.25) is 4.79 Å². The third-order valence-electron chi connectivity index (χ3n) is 2.92. The van der Waals surface area contributed by atoms with E-state index in [0.717, 1.165) is 0 Å². The Morgan fingerprint density at radius 1 is 1.46 bits per heavy atom. The summed E-state index contributed by atoms with van der Waals surface area (Å²) in [5, 5.41) is 12.4. The number of anilines is 1. The number of amides is 1. The maximum absolute atomic E-state index is 12.1. The molecule has 2 rings (SSSR count). The predicted molar refractivity (Wildman–Crippen MR) is 96.7 cm³/mol. The number of halogens is 2. The second-order valence-electron chi connectivity index (χ2n) is 4.69. The van der Waals surface area contributed by atoms with E-state index in [2.05, 4.69) is 22.1 Å². The lowest BCUT2D eigenvalue weighted by atomic mass is 10.3. The van der Waals surface area contributed by atoms with Gasteiger partial charge in [-0.15, -0.1) is 16.8 Å². The number of methoxy groups -OCH3 is 1. The quantitative estimate of drug-likeness (QED) is 0.553. The Hall–Kier alpha value is -1.54. The van der Waals surface area contributed by atoms with Crippen LogP contribution in [0, 0.1) is 0 Å². The number of carbonyl (C=O) groups is 1. The van der Waals surface area contributed by atoms with Gasteiger partial charge in [0, 0.05) is 18.7 Å². The molecule has 6 nitrogen and oxygen atoms in total. The lowest BCUT2D eigenvalue weighted by Gasteiger charge is -2.08. The van der Waals surface area contributed by atoms with Gasteiger partial charge in [0.05, 0.1) is 16.5 Å². The van der Waals surface area contributed by atoms with Crippen molar-refractivity contribution >= 4 is 46.6 Å². The lowest BCUT2D eigenvalue weighted by Crippen LogP contribution is -2.15.